The van der Waals surface area contributed by atoms with Crippen LogP contribution in [0.15, 0.2) is 54.6 Å². The minimum absolute atomic E-state index is 0.237. The van der Waals surface area contributed by atoms with Crippen LogP contribution >= 0.6 is 0 Å². The van der Waals surface area contributed by atoms with Gasteiger partial charge in [0.15, 0.2) is 0 Å². The largest absolute Gasteiger partial charge is 0.363 e. The molecule has 2 aliphatic heterocycles. The summed E-state index contributed by atoms with van der Waals surface area (Å²) in [6, 6.07) is 20.4. The highest BCUT2D eigenvalue weighted by molar-refractivity contribution is 5.78. The van der Waals surface area contributed by atoms with E-state index in [9.17, 15) is 4.79 Å². The summed E-state index contributed by atoms with van der Waals surface area (Å²) in [6.45, 7) is 0.949. The lowest BCUT2D eigenvalue weighted by molar-refractivity contribution is -0.125. The molecular weight excluding hydrogens is 308 g/mol. The van der Waals surface area contributed by atoms with Gasteiger partial charge in [0, 0.05) is 36.7 Å². The highest BCUT2D eigenvalue weighted by atomic mass is 16.1. The van der Waals surface area contributed by atoms with Gasteiger partial charge in [0.2, 0.25) is 5.91 Å². The zero-order chi connectivity index (χ0) is 16.8. The Hall–Kier alpha value is -2.29. The third-order valence-electron chi connectivity index (χ3n) is 6.41. The number of benzene rings is 2. The summed E-state index contributed by atoms with van der Waals surface area (Å²) >= 11 is 0. The van der Waals surface area contributed by atoms with Crippen molar-refractivity contribution >= 4 is 11.6 Å². The molecule has 0 bridgehead atoms. The lowest BCUT2D eigenvalue weighted by Gasteiger charge is -2.45. The number of para-hydroxylation sites is 1. The molecule has 2 aromatic rings. The fraction of sp³-hybridized carbons (Fsp3) is 0.409. The van der Waals surface area contributed by atoms with Crippen molar-refractivity contribution in [3.05, 3.63) is 65.7 Å². The third kappa shape index (κ3) is 2.45. The zero-order valence-electron chi connectivity index (χ0n) is 14.4. The number of hydrogen-bond donors (Lipinski definition) is 1. The maximum Gasteiger partial charge on any atom is 0.220 e. The molecule has 2 fully saturated rings. The highest BCUT2D eigenvalue weighted by Gasteiger charge is 2.49. The van der Waals surface area contributed by atoms with Gasteiger partial charge in [-0.25, -0.2) is 0 Å². The van der Waals surface area contributed by atoms with Crippen LogP contribution in [0.5, 0.6) is 0 Å². The van der Waals surface area contributed by atoms with Crippen LogP contribution in [0.3, 0.4) is 0 Å². The monoisotopic (exact) mass is 332 g/mol. The summed E-state index contributed by atoms with van der Waals surface area (Å²) in [5, 5.41) is 3.35. The molecule has 128 valence electrons. The van der Waals surface area contributed by atoms with E-state index in [1.807, 2.05) is 0 Å². The molecule has 1 aliphatic carbocycles. The lowest BCUT2D eigenvalue weighted by Crippen LogP contribution is -2.55. The second-order valence-electron chi connectivity index (χ2n) is 7.73. The number of nitrogens with zero attached hydrogens (tertiary/aromatic N) is 1. The molecule has 1 saturated carbocycles. The smallest absolute Gasteiger partial charge is 0.220 e. The molecule has 2 heterocycles. The van der Waals surface area contributed by atoms with Crippen molar-refractivity contribution in [2.24, 2.45) is 5.92 Å². The van der Waals surface area contributed by atoms with Crippen LogP contribution in [0.25, 0.3) is 0 Å². The minimum Gasteiger partial charge on any atom is -0.363 e. The molecule has 0 radical (unpaired) electrons. The van der Waals surface area contributed by atoms with E-state index in [0.717, 1.165) is 13.0 Å². The number of carbonyl (C=O) groups is 1. The molecule has 3 nitrogen and oxygen atoms in total. The average molecular weight is 332 g/mol. The van der Waals surface area contributed by atoms with E-state index in [0.29, 0.717) is 30.3 Å². The Morgan fingerprint density at radius 3 is 2.64 bits per heavy atom. The van der Waals surface area contributed by atoms with Crippen LogP contribution in [-0.2, 0) is 11.3 Å². The fourth-order valence-corrected chi connectivity index (χ4v) is 5.33. The van der Waals surface area contributed by atoms with Crippen LogP contribution in [0.1, 0.15) is 42.7 Å². The topological polar surface area (TPSA) is 32.3 Å². The molecule has 25 heavy (non-hydrogen) atoms. The highest BCUT2D eigenvalue weighted by Crippen LogP contribution is 2.51. The SMILES string of the molecule is O=C1CC[C@@H]2CCC3C(c4ccccc4N3Cc3ccccc3)[C@@H]2N1. The predicted octanol–water partition coefficient (Wildman–Crippen LogP) is 3.85. The lowest BCUT2D eigenvalue weighted by atomic mass is 9.69. The molecule has 1 amide bonds. The predicted molar refractivity (Wildman–Crippen MR) is 99.5 cm³/mol. The van der Waals surface area contributed by atoms with Gasteiger partial charge in [-0.3, -0.25) is 4.79 Å². The summed E-state index contributed by atoms with van der Waals surface area (Å²) in [5.74, 6) is 1.31. The first-order chi connectivity index (χ1) is 12.3. The van der Waals surface area contributed by atoms with E-state index < -0.39 is 0 Å². The van der Waals surface area contributed by atoms with Crippen molar-refractivity contribution in [2.45, 2.75) is 50.2 Å². The Balaban J connectivity index is 1.53. The van der Waals surface area contributed by atoms with Gasteiger partial charge in [-0.15, -0.1) is 0 Å². The van der Waals surface area contributed by atoms with E-state index >= 15 is 0 Å². The van der Waals surface area contributed by atoms with E-state index in [1.54, 1.807) is 0 Å². The molecular formula is C22H24N2O. The van der Waals surface area contributed by atoms with Gasteiger partial charge >= 0.3 is 0 Å². The normalized spacial score (nSPS) is 30.2. The van der Waals surface area contributed by atoms with E-state index in [4.69, 9.17) is 0 Å². The van der Waals surface area contributed by atoms with Crippen LogP contribution < -0.4 is 10.2 Å². The van der Waals surface area contributed by atoms with Crippen molar-refractivity contribution in [1.29, 1.82) is 0 Å². The van der Waals surface area contributed by atoms with Crippen molar-refractivity contribution in [1.82, 2.24) is 5.32 Å². The molecule has 1 N–H and O–H groups in total. The third-order valence-corrected chi connectivity index (χ3v) is 6.41. The Labute approximate surface area is 149 Å². The first-order valence-electron chi connectivity index (χ1n) is 9.50. The van der Waals surface area contributed by atoms with Crippen LogP contribution in [-0.4, -0.2) is 18.0 Å². The number of amides is 1. The first kappa shape index (κ1) is 15.0. The molecule has 4 atom stereocenters. The van der Waals surface area contributed by atoms with Gasteiger partial charge in [0.1, 0.15) is 0 Å². The number of piperidine rings is 1. The molecule has 3 heteroatoms. The fourth-order valence-electron chi connectivity index (χ4n) is 5.33. The van der Waals surface area contributed by atoms with Crippen molar-refractivity contribution in [3.63, 3.8) is 0 Å². The van der Waals surface area contributed by atoms with E-state index in [-0.39, 0.29) is 5.91 Å². The first-order valence-corrected chi connectivity index (χ1v) is 9.50. The summed E-state index contributed by atoms with van der Waals surface area (Å²) in [6.07, 6.45) is 4.21. The number of carbonyl (C=O) groups excluding carboxylic acids is 1. The van der Waals surface area contributed by atoms with Crippen LogP contribution in [0, 0.1) is 5.92 Å². The maximum absolute atomic E-state index is 12.1. The number of anilines is 1. The molecule has 2 aromatic carbocycles. The summed E-state index contributed by atoms with van der Waals surface area (Å²) in [7, 11) is 0. The zero-order valence-corrected chi connectivity index (χ0v) is 14.4. The number of rotatable bonds is 2. The van der Waals surface area contributed by atoms with Gasteiger partial charge in [-0.1, -0.05) is 48.5 Å². The van der Waals surface area contributed by atoms with Gasteiger partial charge in [0.25, 0.3) is 0 Å². The maximum atomic E-state index is 12.1. The van der Waals surface area contributed by atoms with Crippen molar-refractivity contribution in [3.8, 4) is 0 Å². The summed E-state index contributed by atoms with van der Waals surface area (Å²) < 4.78 is 0. The van der Waals surface area contributed by atoms with E-state index in [1.165, 1.54) is 29.7 Å². The molecule has 0 spiro atoms. The Kier molecular flexibility index (Phi) is 3.54. The van der Waals surface area contributed by atoms with Crippen molar-refractivity contribution in [2.75, 3.05) is 4.90 Å². The number of nitrogens with one attached hydrogen (secondary N) is 1. The van der Waals surface area contributed by atoms with Gasteiger partial charge in [0.05, 0.1) is 0 Å². The van der Waals surface area contributed by atoms with Gasteiger partial charge in [-0.2, -0.15) is 0 Å². The summed E-state index contributed by atoms with van der Waals surface area (Å²) in [5.41, 5.74) is 4.15. The standard InChI is InChI=1S/C22H24N2O/c25-20-13-11-16-10-12-19-21(22(16)23-20)17-8-4-5-9-18(17)24(19)14-15-6-2-1-3-7-15/h1-9,16,19,21-22H,10-14H2,(H,23,25)/t16-,19?,21?,22+/m0/s1. The number of fused-ring (bicyclic) bond motifs is 5. The second kappa shape index (κ2) is 5.91. The molecule has 2 unspecified atom stereocenters. The van der Waals surface area contributed by atoms with Crippen LogP contribution in [0.2, 0.25) is 0 Å². The summed E-state index contributed by atoms with van der Waals surface area (Å²) in [4.78, 5) is 14.7. The molecule has 0 aromatic heterocycles. The molecule has 5 rings (SSSR count). The average Bonchev–Trinajstić information content (AvgIpc) is 2.97. The second-order valence-corrected chi connectivity index (χ2v) is 7.73. The molecule has 1 saturated heterocycles. The van der Waals surface area contributed by atoms with Crippen molar-refractivity contribution < 1.29 is 4.79 Å². The van der Waals surface area contributed by atoms with E-state index in [2.05, 4.69) is 64.8 Å². The molecule has 3 aliphatic rings. The van der Waals surface area contributed by atoms with Gasteiger partial charge < -0.3 is 10.2 Å². The quantitative estimate of drug-likeness (QED) is 0.906. The van der Waals surface area contributed by atoms with Gasteiger partial charge in [-0.05, 0) is 42.4 Å². The number of hydrogen-bond acceptors (Lipinski definition) is 2. The Morgan fingerprint density at radius 2 is 1.76 bits per heavy atom. The van der Waals surface area contributed by atoms with Crippen LogP contribution in [0.4, 0.5) is 5.69 Å². The Morgan fingerprint density at radius 1 is 0.960 bits per heavy atom. The minimum atomic E-state index is 0.237. The Bertz CT molecular complexity index is 788.